The van der Waals surface area contributed by atoms with E-state index < -0.39 is 0 Å². The number of rotatable bonds is 4. The Kier molecular flexibility index (Phi) is 6.37. The molecule has 0 radical (unpaired) electrons. The Morgan fingerprint density at radius 3 is 2.09 bits per heavy atom. The van der Waals surface area contributed by atoms with Gasteiger partial charge in [-0.1, -0.05) is 54.6 Å². The third-order valence-corrected chi connectivity index (χ3v) is 4.14. The Hall–Kier alpha value is -1.42. The van der Waals surface area contributed by atoms with E-state index in [9.17, 15) is 4.39 Å². The second-order valence-electron chi connectivity index (χ2n) is 5.44. The monoisotopic (exact) mass is 320 g/mol. The molecule has 0 aliphatic carbocycles. The first-order chi connectivity index (χ1) is 10.4. The molecule has 1 heterocycles. The average molecular weight is 321 g/mol. The Bertz CT molecular complexity index is 553. The Labute approximate surface area is 137 Å². The fraction of sp³-hybridized carbons (Fsp3) is 0.333. The maximum Gasteiger partial charge on any atom is 0.109 e. The van der Waals surface area contributed by atoms with E-state index in [1.165, 1.54) is 11.1 Å². The fourth-order valence-electron chi connectivity index (χ4n) is 2.92. The molecule has 2 aromatic rings. The summed E-state index contributed by atoms with van der Waals surface area (Å²) in [4.78, 5) is 2.23. The molecule has 3 rings (SSSR count). The second kappa shape index (κ2) is 8.28. The van der Waals surface area contributed by atoms with E-state index in [4.69, 9.17) is 0 Å². The van der Waals surface area contributed by atoms with Crippen molar-refractivity contribution in [1.29, 1.82) is 0 Å². The van der Waals surface area contributed by atoms with Crippen molar-refractivity contribution in [2.75, 3.05) is 32.9 Å². The van der Waals surface area contributed by atoms with Gasteiger partial charge in [-0.3, -0.25) is 4.90 Å². The smallest absolute Gasteiger partial charge is 0.109 e. The first kappa shape index (κ1) is 16.9. The molecular weight excluding hydrogens is 299 g/mol. The van der Waals surface area contributed by atoms with Crippen LogP contribution in [0, 0.1) is 0 Å². The van der Waals surface area contributed by atoms with E-state index in [2.05, 4.69) is 46.6 Å². The summed E-state index contributed by atoms with van der Waals surface area (Å²) >= 11 is 0. The molecule has 0 saturated carbocycles. The summed E-state index contributed by atoms with van der Waals surface area (Å²) in [6, 6.07) is 18.5. The molecule has 1 atom stereocenters. The van der Waals surface area contributed by atoms with E-state index >= 15 is 0 Å². The summed E-state index contributed by atoms with van der Waals surface area (Å²) < 4.78 is 13.5. The van der Waals surface area contributed by atoms with Crippen LogP contribution in [0.5, 0.6) is 0 Å². The minimum atomic E-state index is -0.329. The van der Waals surface area contributed by atoms with Crippen LogP contribution in [0.25, 0.3) is 11.1 Å². The van der Waals surface area contributed by atoms with Crippen molar-refractivity contribution in [1.82, 2.24) is 10.2 Å². The standard InChI is InChI=1S/C18H21FN2.ClH/c19-14-18(21-12-10-20-11-13-21)17-8-6-16(7-9-17)15-4-2-1-3-5-15;/h1-9,18,20H,10-14H2;1H/t18-;/m0./s1. The number of piperazine rings is 1. The highest BCUT2D eigenvalue weighted by molar-refractivity contribution is 5.85. The minimum Gasteiger partial charge on any atom is -0.314 e. The molecule has 1 saturated heterocycles. The molecule has 0 amide bonds. The van der Waals surface area contributed by atoms with Crippen LogP contribution in [0.1, 0.15) is 11.6 Å². The second-order valence-corrected chi connectivity index (χ2v) is 5.44. The zero-order valence-corrected chi connectivity index (χ0v) is 13.4. The minimum absolute atomic E-state index is 0. The van der Waals surface area contributed by atoms with E-state index in [1.807, 2.05) is 18.2 Å². The van der Waals surface area contributed by atoms with Gasteiger partial charge in [-0.2, -0.15) is 0 Å². The van der Waals surface area contributed by atoms with Gasteiger partial charge in [0, 0.05) is 26.2 Å². The summed E-state index contributed by atoms with van der Waals surface area (Å²) in [5.41, 5.74) is 3.44. The number of hydrogen-bond donors (Lipinski definition) is 1. The number of halogens is 2. The molecule has 0 unspecified atom stereocenters. The zero-order valence-electron chi connectivity index (χ0n) is 12.5. The van der Waals surface area contributed by atoms with Crippen molar-refractivity contribution in [3.8, 4) is 11.1 Å². The van der Waals surface area contributed by atoms with Gasteiger partial charge in [-0.15, -0.1) is 12.4 Å². The predicted molar refractivity (Wildman–Crippen MR) is 92.3 cm³/mol. The average Bonchev–Trinajstić information content (AvgIpc) is 2.58. The molecule has 0 spiro atoms. The molecule has 4 heteroatoms. The maximum atomic E-state index is 13.5. The van der Waals surface area contributed by atoms with Gasteiger partial charge in [0.1, 0.15) is 6.67 Å². The van der Waals surface area contributed by atoms with Gasteiger partial charge in [-0.25, -0.2) is 4.39 Å². The van der Waals surface area contributed by atoms with Crippen molar-refractivity contribution < 1.29 is 4.39 Å². The first-order valence-electron chi connectivity index (χ1n) is 7.54. The first-order valence-corrected chi connectivity index (χ1v) is 7.54. The van der Waals surface area contributed by atoms with Crippen LogP contribution in [0.4, 0.5) is 4.39 Å². The molecule has 0 aromatic heterocycles. The van der Waals surface area contributed by atoms with Crippen molar-refractivity contribution in [2.24, 2.45) is 0 Å². The fourth-order valence-corrected chi connectivity index (χ4v) is 2.92. The predicted octanol–water partition coefficient (Wildman–Crippen LogP) is 3.69. The van der Waals surface area contributed by atoms with E-state index in [0.29, 0.717) is 0 Å². The van der Waals surface area contributed by atoms with Crippen LogP contribution in [0.15, 0.2) is 54.6 Å². The van der Waals surface area contributed by atoms with Crippen LogP contribution < -0.4 is 5.32 Å². The highest BCUT2D eigenvalue weighted by Crippen LogP contribution is 2.25. The van der Waals surface area contributed by atoms with Gasteiger partial charge < -0.3 is 5.32 Å². The molecule has 22 heavy (non-hydrogen) atoms. The maximum absolute atomic E-state index is 13.5. The van der Waals surface area contributed by atoms with Crippen LogP contribution in [-0.4, -0.2) is 37.8 Å². The number of hydrogen-bond acceptors (Lipinski definition) is 2. The van der Waals surface area contributed by atoms with E-state index in [1.54, 1.807) is 0 Å². The summed E-state index contributed by atoms with van der Waals surface area (Å²) in [6.45, 7) is 3.38. The van der Waals surface area contributed by atoms with Crippen molar-refractivity contribution in [2.45, 2.75) is 6.04 Å². The van der Waals surface area contributed by atoms with Gasteiger partial charge in [0.15, 0.2) is 0 Å². The summed E-state index contributed by atoms with van der Waals surface area (Å²) in [5.74, 6) is 0. The molecule has 118 valence electrons. The molecule has 1 aliphatic rings. The molecule has 0 bridgehead atoms. The molecule has 1 aliphatic heterocycles. The topological polar surface area (TPSA) is 15.3 Å². The van der Waals surface area contributed by atoms with Crippen LogP contribution in [0.2, 0.25) is 0 Å². The van der Waals surface area contributed by atoms with E-state index in [-0.39, 0.29) is 25.1 Å². The SMILES string of the molecule is Cl.FC[C@@H](c1ccc(-c2ccccc2)cc1)N1CCNCC1. The number of nitrogens with one attached hydrogen (secondary N) is 1. The third-order valence-electron chi connectivity index (χ3n) is 4.14. The van der Waals surface area contributed by atoms with Gasteiger partial charge in [-0.05, 0) is 16.7 Å². The number of nitrogens with zero attached hydrogens (tertiary/aromatic N) is 1. The molecular formula is C18H22ClFN2. The number of alkyl halides is 1. The highest BCUT2D eigenvalue weighted by Gasteiger charge is 2.21. The van der Waals surface area contributed by atoms with Crippen LogP contribution in [0.3, 0.4) is 0 Å². The Morgan fingerprint density at radius 1 is 0.909 bits per heavy atom. The van der Waals surface area contributed by atoms with Crippen molar-refractivity contribution >= 4 is 12.4 Å². The molecule has 1 N–H and O–H groups in total. The quantitative estimate of drug-likeness (QED) is 0.924. The number of benzene rings is 2. The van der Waals surface area contributed by atoms with Gasteiger partial charge >= 0.3 is 0 Å². The van der Waals surface area contributed by atoms with Gasteiger partial charge in [0.2, 0.25) is 0 Å². The largest absolute Gasteiger partial charge is 0.314 e. The van der Waals surface area contributed by atoms with Gasteiger partial charge in [0.05, 0.1) is 6.04 Å². The van der Waals surface area contributed by atoms with E-state index in [0.717, 1.165) is 31.7 Å². The highest BCUT2D eigenvalue weighted by atomic mass is 35.5. The lowest BCUT2D eigenvalue weighted by molar-refractivity contribution is 0.147. The molecule has 1 fully saturated rings. The Morgan fingerprint density at radius 2 is 1.50 bits per heavy atom. The Balaban J connectivity index is 0.00000176. The van der Waals surface area contributed by atoms with Gasteiger partial charge in [0.25, 0.3) is 0 Å². The zero-order chi connectivity index (χ0) is 14.5. The van der Waals surface area contributed by atoms with Crippen molar-refractivity contribution in [3.05, 3.63) is 60.2 Å². The van der Waals surface area contributed by atoms with Crippen LogP contribution in [-0.2, 0) is 0 Å². The lowest BCUT2D eigenvalue weighted by Crippen LogP contribution is -2.45. The molecule has 2 nitrogen and oxygen atoms in total. The summed E-state index contributed by atoms with van der Waals surface area (Å²) in [5, 5.41) is 3.31. The normalized spacial score (nSPS) is 16.8. The lowest BCUT2D eigenvalue weighted by atomic mass is 10.00. The molecule has 2 aromatic carbocycles. The van der Waals surface area contributed by atoms with Crippen molar-refractivity contribution in [3.63, 3.8) is 0 Å². The third kappa shape index (κ3) is 3.86. The van der Waals surface area contributed by atoms with Crippen LogP contribution >= 0.6 is 12.4 Å². The summed E-state index contributed by atoms with van der Waals surface area (Å²) in [7, 11) is 0. The summed E-state index contributed by atoms with van der Waals surface area (Å²) in [6.07, 6.45) is 0. The lowest BCUT2D eigenvalue weighted by Gasteiger charge is -2.33.